The van der Waals surface area contributed by atoms with Crippen LogP contribution in [0, 0.1) is 11.3 Å². The predicted octanol–water partition coefficient (Wildman–Crippen LogP) is 5.91. The standard InChI is InChI=1S/C26H19ClN2O4S/c27-21-7-11-22(12-8-21)32-14-13-29-25(30)24(34-26(29)31)15-18-5-9-23(10-6-18)33-17-20-4-2-1-3-19(20)16-28/h1-12,15H,13-14,17H2/b24-15-. The van der Waals surface area contributed by atoms with Crippen LogP contribution < -0.4 is 9.47 Å². The van der Waals surface area contributed by atoms with E-state index in [-0.39, 0.29) is 30.9 Å². The molecule has 0 atom stereocenters. The maximum absolute atomic E-state index is 12.7. The zero-order valence-corrected chi connectivity index (χ0v) is 19.5. The van der Waals surface area contributed by atoms with Gasteiger partial charge < -0.3 is 9.47 Å². The molecule has 0 spiro atoms. The summed E-state index contributed by atoms with van der Waals surface area (Å²) in [5.41, 5.74) is 2.16. The molecule has 1 saturated heterocycles. The van der Waals surface area contributed by atoms with Gasteiger partial charge in [0, 0.05) is 10.6 Å². The maximum atomic E-state index is 12.7. The Morgan fingerprint density at radius 3 is 2.35 bits per heavy atom. The topological polar surface area (TPSA) is 79.6 Å². The van der Waals surface area contributed by atoms with Crippen molar-refractivity contribution in [3.63, 3.8) is 0 Å². The van der Waals surface area contributed by atoms with Crippen LogP contribution in [-0.4, -0.2) is 29.2 Å². The number of halogens is 1. The second-order valence-corrected chi connectivity index (χ2v) is 8.69. The molecule has 1 heterocycles. The summed E-state index contributed by atoms with van der Waals surface area (Å²) in [5.74, 6) is 0.908. The average Bonchev–Trinajstić information content (AvgIpc) is 3.12. The van der Waals surface area contributed by atoms with E-state index in [4.69, 9.17) is 21.1 Å². The monoisotopic (exact) mass is 490 g/mol. The summed E-state index contributed by atoms with van der Waals surface area (Å²) in [4.78, 5) is 26.5. The Balaban J connectivity index is 1.33. The number of ether oxygens (including phenoxy) is 2. The number of thioether (sulfide) groups is 1. The summed E-state index contributed by atoms with van der Waals surface area (Å²) in [5, 5.41) is 9.45. The first kappa shape index (κ1) is 23.4. The number of imide groups is 1. The number of hydrogen-bond acceptors (Lipinski definition) is 6. The highest BCUT2D eigenvalue weighted by Crippen LogP contribution is 2.32. The van der Waals surface area contributed by atoms with Gasteiger partial charge >= 0.3 is 0 Å². The smallest absolute Gasteiger partial charge is 0.293 e. The van der Waals surface area contributed by atoms with Crippen LogP contribution in [0.2, 0.25) is 5.02 Å². The number of carbonyl (C=O) groups excluding carboxylic acids is 2. The molecule has 170 valence electrons. The Morgan fingerprint density at radius 1 is 0.941 bits per heavy atom. The lowest BCUT2D eigenvalue weighted by Gasteiger charge is -2.13. The number of hydrogen-bond donors (Lipinski definition) is 0. The van der Waals surface area contributed by atoms with Crippen molar-refractivity contribution >= 4 is 40.6 Å². The number of nitrogens with zero attached hydrogens (tertiary/aromatic N) is 2. The van der Waals surface area contributed by atoms with Crippen LogP contribution in [0.5, 0.6) is 11.5 Å². The number of rotatable bonds is 8. The summed E-state index contributed by atoms with van der Waals surface area (Å²) in [7, 11) is 0. The molecule has 1 aliphatic heterocycles. The minimum atomic E-state index is -0.344. The summed E-state index contributed by atoms with van der Waals surface area (Å²) in [6, 6.07) is 23.5. The zero-order valence-electron chi connectivity index (χ0n) is 17.9. The largest absolute Gasteiger partial charge is 0.492 e. The van der Waals surface area contributed by atoms with Crippen LogP contribution in [0.4, 0.5) is 4.79 Å². The van der Waals surface area contributed by atoms with E-state index < -0.39 is 0 Å². The Morgan fingerprint density at radius 2 is 1.62 bits per heavy atom. The van der Waals surface area contributed by atoms with Gasteiger partial charge in [-0.1, -0.05) is 41.9 Å². The zero-order chi connectivity index (χ0) is 23.9. The minimum absolute atomic E-state index is 0.154. The predicted molar refractivity (Wildman–Crippen MR) is 132 cm³/mol. The molecule has 1 fully saturated rings. The molecule has 2 amide bonds. The summed E-state index contributed by atoms with van der Waals surface area (Å²) in [6.45, 7) is 0.621. The van der Waals surface area contributed by atoms with Crippen molar-refractivity contribution in [3.05, 3.63) is 99.4 Å². The lowest BCUT2D eigenvalue weighted by molar-refractivity contribution is -0.123. The van der Waals surface area contributed by atoms with Gasteiger partial charge in [-0.3, -0.25) is 14.5 Å². The Kier molecular flexibility index (Phi) is 7.53. The third kappa shape index (κ3) is 5.79. The highest BCUT2D eigenvalue weighted by molar-refractivity contribution is 8.18. The van der Waals surface area contributed by atoms with Gasteiger partial charge in [0.05, 0.1) is 23.1 Å². The molecule has 34 heavy (non-hydrogen) atoms. The number of nitriles is 1. The fraction of sp³-hybridized carbons (Fsp3) is 0.115. The van der Waals surface area contributed by atoms with Crippen molar-refractivity contribution < 1.29 is 19.1 Å². The molecule has 3 aromatic carbocycles. The molecule has 8 heteroatoms. The van der Waals surface area contributed by atoms with Gasteiger partial charge in [-0.15, -0.1) is 0 Å². The molecule has 3 aromatic rings. The third-order valence-corrected chi connectivity index (χ3v) is 6.14. The van der Waals surface area contributed by atoms with Crippen molar-refractivity contribution in [1.82, 2.24) is 4.90 Å². The van der Waals surface area contributed by atoms with Crippen LogP contribution >= 0.6 is 23.4 Å². The Labute approximate surface area is 206 Å². The van der Waals surface area contributed by atoms with Crippen molar-refractivity contribution in [2.45, 2.75) is 6.61 Å². The quantitative estimate of drug-likeness (QED) is 0.365. The van der Waals surface area contributed by atoms with Gasteiger partial charge in [0.1, 0.15) is 24.7 Å². The van der Waals surface area contributed by atoms with E-state index in [0.717, 1.165) is 22.9 Å². The van der Waals surface area contributed by atoms with Crippen LogP contribution in [-0.2, 0) is 11.4 Å². The van der Waals surface area contributed by atoms with E-state index in [9.17, 15) is 14.9 Å². The number of carbonyl (C=O) groups is 2. The van der Waals surface area contributed by atoms with Crippen molar-refractivity contribution in [2.75, 3.05) is 13.2 Å². The second-order valence-electron chi connectivity index (χ2n) is 7.26. The van der Waals surface area contributed by atoms with E-state index in [0.29, 0.717) is 27.0 Å². The van der Waals surface area contributed by atoms with Crippen LogP contribution in [0.15, 0.2) is 77.7 Å². The van der Waals surface area contributed by atoms with Gasteiger partial charge in [-0.05, 0) is 65.9 Å². The first-order valence-electron chi connectivity index (χ1n) is 10.4. The van der Waals surface area contributed by atoms with E-state index in [1.807, 2.05) is 30.3 Å². The Hall–Kier alpha value is -3.73. The van der Waals surface area contributed by atoms with Gasteiger partial charge in [0.2, 0.25) is 0 Å². The molecular formula is C26H19ClN2O4S. The fourth-order valence-electron chi connectivity index (χ4n) is 3.21. The summed E-state index contributed by atoms with van der Waals surface area (Å²) < 4.78 is 11.4. The molecule has 1 aliphatic rings. The first-order valence-corrected chi connectivity index (χ1v) is 11.6. The highest BCUT2D eigenvalue weighted by Gasteiger charge is 2.34. The lowest BCUT2D eigenvalue weighted by Crippen LogP contribution is -2.32. The van der Waals surface area contributed by atoms with Crippen molar-refractivity contribution in [2.24, 2.45) is 0 Å². The van der Waals surface area contributed by atoms with Crippen molar-refractivity contribution in [1.29, 1.82) is 5.26 Å². The van der Waals surface area contributed by atoms with Crippen molar-refractivity contribution in [3.8, 4) is 17.6 Å². The number of amides is 2. The van der Waals surface area contributed by atoms with Gasteiger partial charge in [0.15, 0.2) is 0 Å². The lowest BCUT2D eigenvalue weighted by atomic mass is 10.1. The molecule has 0 unspecified atom stereocenters. The summed E-state index contributed by atoms with van der Waals surface area (Å²) >= 11 is 6.76. The van der Waals surface area contributed by atoms with Gasteiger partial charge in [-0.25, -0.2) is 0 Å². The van der Waals surface area contributed by atoms with Gasteiger partial charge in [0.25, 0.3) is 11.1 Å². The fourth-order valence-corrected chi connectivity index (χ4v) is 4.20. The van der Waals surface area contributed by atoms with E-state index in [1.165, 1.54) is 4.90 Å². The normalized spacial score (nSPS) is 14.4. The molecule has 0 bridgehead atoms. The molecule has 6 nitrogen and oxygen atoms in total. The van der Waals surface area contributed by atoms with Crippen LogP contribution in [0.3, 0.4) is 0 Å². The average molecular weight is 491 g/mol. The maximum Gasteiger partial charge on any atom is 0.293 e. The molecule has 0 radical (unpaired) electrons. The molecular weight excluding hydrogens is 472 g/mol. The summed E-state index contributed by atoms with van der Waals surface area (Å²) in [6.07, 6.45) is 1.68. The van der Waals surface area contributed by atoms with Crippen LogP contribution in [0.1, 0.15) is 16.7 Å². The highest BCUT2D eigenvalue weighted by atomic mass is 35.5. The van der Waals surface area contributed by atoms with E-state index in [2.05, 4.69) is 6.07 Å². The van der Waals surface area contributed by atoms with Crippen LogP contribution in [0.25, 0.3) is 6.08 Å². The number of benzene rings is 3. The first-order chi connectivity index (χ1) is 16.5. The molecule has 0 N–H and O–H groups in total. The molecule has 0 saturated carbocycles. The Bertz CT molecular complexity index is 1270. The molecule has 4 rings (SSSR count). The SMILES string of the molecule is N#Cc1ccccc1COc1ccc(/C=C2\SC(=O)N(CCOc3ccc(Cl)cc3)C2=O)cc1. The molecule has 0 aliphatic carbocycles. The molecule has 0 aromatic heterocycles. The third-order valence-electron chi connectivity index (χ3n) is 4.98. The minimum Gasteiger partial charge on any atom is -0.492 e. The van der Waals surface area contributed by atoms with E-state index in [1.54, 1.807) is 48.5 Å². The second kappa shape index (κ2) is 10.9. The van der Waals surface area contributed by atoms with E-state index >= 15 is 0 Å². The van der Waals surface area contributed by atoms with Gasteiger partial charge in [-0.2, -0.15) is 5.26 Å².